The van der Waals surface area contributed by atoms with Gasteiger partial charge in [-0.2, -0.15) is 0 Å². The zero-order chi connectivity index (χ0) is 56.4. The zero-order valence-electron chi connectivity index (χ0n) is 52.2. The third-order valence-electron chi connectivity index (χ3n) is 15.3. The normalized spacial score (nSPS) is 12.4. The maximum atomic E-state index is 12.9. The molecule has 0 rings (SSSR count). The van der Waals surface area contributed by atoms with Crippen molar-refractivity contribution in [1.29, 1.82) is 0 Å². The van der Waals surface area contributed by atoms with Crippen molar-refractivity contribution in [2.75, 3.05) is 13.2 Å². The van der Waals surface area contributed by atoms with Gasteiger partial charge in [0.25, 0.3) is 0 Å². The van der Waals surface area contributed by atoms with Crippen LogP contribution >= 0.6 is 0 Å². The second-order valence-electron chi connectivity index (χ2n) is 23.1. The van der Waals surface area contributed by atoms with Crippen LogP contribution in [0, 0.1) is 0 Å². The zero-order valence-corrected chi connectivity index (χ0v) is 52.2. The number of rotatable bonds is 63. The van der Waals surface area contributed by atoms with Crippen molar-refractivity contribution in [3.05, 3.63) is 60.8 Å². The van der Waals surface area contributed by atoms with E-state index in [1.54, 1.807) is 0 Å². The van der Waals surface area contributed by atoms with Gasteiger partial charge in [0.05, 0.1) is 0 Å². The van der Waals surface area contributed by atoms with Crippen molar-refractivity contribution in [2.24, 2.45) is 0 Å². The van der Waals surface area contributed by atoms with E-state index in [1.807, 2.05) is 0 Å². The van der Waals surface area contributed by atoms with Gasteiger partial charge in [0, 0.05) is 19.3 Å². The molecule has 6 heteroatoms. The van der Waals surface area contributed by atoms with Crippen LogP contribution in [0.4, 0.5) is 0 Å². The summed E-state index contributed by atoms with van der Waals surface area (Å²) in [6.45, 7) is 6.57. The molecule has 0 saturated carbocycles. The topological polar surface area (TPSA) is 78.9 Å². The standard InChI is InChI=1S/C72H130O6/c1-4-7-10-13-16-19-22-25-27-29-30-31-32-33-34-35-36-37-38-39-40-41-42-44-45-47-50-53-56-59-62-65-71(74)77-68-69(67-76-70(73)64-61-58-55-52-49-24-21-18-15-12-9-6-3)78-72(75)66-63-60-57-54-51-48-46-43-28-26-23-20-17-14-11-8-5-2/h7,10,16,19,25-28,30-31,69H,4-6,8-9,11-15,17-18,20-24,29,32-68H2,1-3H3/b10-7-,19-16-,27-25-,28-26-,31-30-. The van der Waals surface area contributed by atoms with Gasteiger partial charge in [-0.3, -0.25) is 14.4 Å². The molecule has 0 amide bonds. The van der Waals surface area contributed by atoms with Crippen molar-refractivity contribution >= 4 is 17.9 Å². The molecule has 0 aliphatic heterocycles. The largest absolute Gasteiger partial charge is 0.462 e. The van der Waals surface area contributed by atoms with Gasteiger partial charge in [-0.15, -0.1) is 0 Å². The summed E-state index contributed by atoms with van der Waals surface area (Å²) < 4.78 is 17.0. The molecule has 78 heavy (non-hydrogen) atoms. The monoisotopic (exact) mass is 1090 g/mol. The third-order valence-corrected chi connectivity index (χ3v) is 15.3. The van der Waals surface area contributed by atoms with Gasteiger partial charge < -0.3 is 14.2 Å². The summed E-state index contributed by atoms with van der Waals surface area (Å²) in [7, 11) is 0. The summed E-state index contributed by atoms with van der Waals surface area (Å²) in [6, 6.07) is 0. The predicted octanol–water partition coefficient (Wildman–Crippen LogP) is 23.5. The molecule has 1 unspecified atom stereocenters. The van der Waals surface area contributed by atoms with E-state index >= 15 is 0 Å². The van der Waals surface area contributed by atoms with Gasteiger partial charge in [0.15, 0.2) is 6.10 Å². The van der Waals surface area contributed by atoms with Crippen LogP contribution in [0.1, 0.15) is 361 Å². The molecule has 6 nitrogen and oxygen atoms in total. The number of ether oxygens (including phenoxy) is 3. The number of carbonyl (C=O) groups excluding carboxylic acids is 3. The number of esters is 3. The number of carbonyl (C=O) groups is 3. The average Bonchev–Trinajstić information content (AvgIpc) is 3.44. The summed E-state index contributed by atoms with van der Waals surface area (Å²) in [6.07, 6.45) is 85.3. The van der Waals surface area contributed by atoms with Gasteiger partial charge >= 0.3 is 17.9 Å². The summed E-state index contributed by atoms with van der Waals surface area (Å²) in [5, 5.41) is 0. The van der Waals surface area contributed by atoms with Crippen LogP contribution in [0.15, 0.2) is 60.8 Å². The van der Waals surface area contributed by atoms with Gasteiger partial charge in [-0.1, -0.05) is 319 Å². The molecule has 0 fully saturated rings. The molecule has 0 spiro atoms. The average molecular weight is 1090 g/mol. The Morgan fingerprint density at radius 2 is 0.500 bits per heavy atom. The first-order chi connectivity index (χ1) is 38.5. The first-order valence-electron chi connectivity index (χ1n) is 34.3. The SMILES string of the molecule is CC/C=C\C/C=C\C/C=C\C/C=C\CCCCCCCCCCCCCCCCCCCCC(=O)OCC(COC(=O)CCCCCCCCCCCCCC)OC(=O)CCCCCCCCC/C=C\CCCCCCCC. The molecule has 0 heterocycles. The molecule has 0 aliphatic carbocycles. The van der Waals surface area contributed by atoms with Crippen molar-refractivity contribution in [3.63, 3.8) is 0 Å². The summed E-state index contributed by atoms with van der Waals surface area (Å²) in [5.41, 5.74) is 0. The number of hydrogen-bond donors (Lipinski definition) is 0. The van der Waals surface area contributed by atoms with Crippen molar-refractivity contribution in [2.45, 2.75) is 367 Å². The minimum Gasteiger partial charge on any atom is -0.462 e. The van der Waals surface area contributed by atoms with Crippen LogP contribution in [0.3, 0.4) is 0 Å². The molecule has 0 aliphatic rings. The van der Waals surface area contributed by atoms with Crippen molar-refractivity contribution < 1.29 is 28.6 Å². The fraction of sp³-hybridized carbons (Fsp3) is 0.819. The lowest BCUT2D eigenvalue weighted by atomic mass is 10.0. The lowest BCUT2D eigenvalue weighted by Gasteiger charge is -2.18. The quantitative estimate of drug-likeness (QED) is 0.0261. The number of allylic oxidation sites excluding steroid dienone is 10. The van der Waals surface area contributed by atoms with E-state index < -0.39 is 6.10 Å². The van der Waals surface area contributed by atoms with Crippen LogP contribution in [0.5, 0.6) is 0 Å². The molecule has 0 aromatic rings. The molecule has 0 aromatic heterocycles. The van der Waals surface area contributed by atoms with Crippen LogP contribution in [-0.4, -0.2) is 37.2 Å². The van der Waals surface area contributed by atoms with Crippen LogP contribution in [0.25, 0.3) is 0 Å². The first kappa shape index (κ1) is 75.1. The molecule has 454 valence electrons. The van der Waals surface area contributed by atoms with Gasteiger partial charge in [-0.25, -0.2) is 0 Å². The van der Waals surface area contributed by atoms with Crippen molar-refractivity contribution in [1.82, 2.24) is 0 Å². The molecular formula is C72H130O6. The Balaban J connectivity index is 4.15. The second kappa shape index (κ2) is 66.6. The molecule has 0 saturated heterocycles. The third kappa shape index (κ3) is 63.9. The summed E-state index contributed by atoms with van der Waals surface area (Å²) >= 11 is 0. The van der Waals surface area contributed by atoms with E-state index in [4.69, 9.17) is 14.2 Å². The molecule has 0 N–H and O–H groups in total. The molecular weight excluding hydrogens is 961 g/mol. The van der Waals surface area contributed by atoms with Gasteiger partial charge in [0.1, 0.15) is 13.2 Å². The second-order valence-corrected chi connectivity index (χ2v) is 23.1. The Kier molecular flexibility index (Phi) is 64.2. The van der Waals surface area contributed by atoms with E-state index in [2.05, 4.69) is 81.5 Å². The maximum Gasteiger partial charge on any atom is 0.306 e. The highest BCUT2D eigenvalue weighted by atomic mass is 16.6. The molecule has 0 bridgehead atoms. The minimum atomic E-state index is -0.773. The summed E-state index contributed by atoms with van der Waals surface area (Å²) in [4.78, 5) is 38.3. The Labute approximate surface area is 485 Å². The predicted molar refractivity (Wildman–Crippen MR) is 339 cm³/mol. The highest BCUT2D eigenvalue weighted by Crippen LogP contribution is 2.18. The Morgan fingerprint density at radius 1 is 0.269 bits per heavy atom. The van der Waals surface area contributed by atoms with E-state index in [0.717, 1.165) is 83.5 Å². The Morgan fingerprint density at radius 3 is 0.795 bits per heavy atom. The maximum absolute atomic E-state index is 12.9. The van der Waals surface area contributed by atoms with E-state index in [1.165, 1.54) is 238 Å². The highest BCUT2D eigenvalue weighted by molar-refractivity contribution is 5.71. The summed E-state index contributed by atoms with van der Waals surface area (Å²) in [5.74, 6) is -0.851. The highest BCUT2D eigenvalue weighted by Gasteiger charge is 2.19. The minimum absolute atomic E-state index is 0.0698. The van der Waals surface area contributed by atoms with E-state index in [9.17, 15) is 14.4 Å². The number of hydrogen-bond acceptors (Lipinski definition) is 6. The van der Waals surface area contributed by atoms with Crippen molar-refractivity contribution in [3.8, 4) is 0 Å². The molecule has 0 radical (unpaired) electrons. The van der Waals surface area contributed by atoms with E-state index in [-0.39, 0.29) is 31.1 Å². The van der Waals surface area contributed by atoms with Crippen LogP contribution in [-0.2, 0) is 28.6 Å². The first-order valence-corrected chi connectivity index (χ1v) is 34.3. The fourth-order valence-electron chi connectivity index (χ4n) is 10.1. The Hall–Kier alpha value is -2.89. The fourth-order valence-corrected chi connectivity index (χ4v) is 10.1. The van der Waals surface area contributed by atoms with Gasteiger partial charge in [0.2, 0.25) is 0 Å². The Bertz CT molecular complexity index is 1390. The smallest absolute Gasteiger partial charge is 0.306 e. The van der Waals surface area contributed by atoms with Crippen LogP contribution < -0.4 is 0 Å². The number of unbranched alkanes of at least 4 members (excludes halogenated alkanes) is 42. The van der Waals surface area contributed by atoms with E-state index in [0.29, 0.717) is 19.3 Å². The van der Waals surface area contributed by atoms with Crippen LogP contribution in [0.2, 0.25) is 0 Å². The van der Waals surface area contributed by atoms with Gasteiger partial charge in [-0.05, 0) is 83.5 Å². The lowest BCUT2D eigenvalue weighted by Crippen LogP contribution is -2.30. The molecule has 1 atom stereocenters. The molecule has 0 aromatic carbocycles. The lowest BCUT2D eigenvalue weighted by molar-refractivity contribution is -0.167.